The average Bonchev–Trinajstić information content (AvgIpc) is 2.73. The lowest BCUT2D eigenvalue weighted by atomic mass is 9.87. The molecule has 0 saturated carbocycles. The van der Waals surface area contributed by atoms with Crippen LogP contribution in [0.5, 0.6) is 0 Å². The first-order valence-corrected chi connectivity index (χ1v) is 14.6. The zero-order chi connectivity index (χ0) is 25.1. The predicted molar refractivity (Wildman–Crippen MR) is 153 cm³/mol. The van der Waals surface area contributed by atoms with E-state index in [0.717, 1.165) is 0 Å². The number of benzene rings is 3. The minimum absolute atomic E-state index is 0.201. The third-order valence-corrected chi connectivity index (χ3v) is 9.12. The molecule has 0 bridgehead atoms. The SMILES string of the molecule is CC(C)(C)c1ccc(CP(Cc2ccc(C(C)(C)C)cc2)Cc2ccc(C(C)(C)C)cc2)cc1. The molecule has 0 N–H and O–H groups in total. The third-order valence-electron chi connectivity index (χ3n) is 6.68. The van der Waals surface area contributed by atoms with Crippen LogP contribution in [0.1, 0.15) is 95.7 Å². The molecule has 3 aromatic carbocycles. The number of rotatable bonds is 6. The van der Waals surface area contributed by atoms with Gasteiger partial charge in [0.2, 0.25) is 0 Å². The highest BCUT2D eigenvalue weighted by Crippen LogP contribution is 2.47. The zero-order valence-electron chi connectivity index (χ0n) is 23.0. The van der Waals surface area contributed by atoms with E-state index in [1.807, 2.05) is 0 Å². The molecule has 0 radical (unpaired) electrons. The molecule has 34 heavy (non-hydrogen) atoms. The van der Waals surface area contributed by atoms with Gasteiger partial charge < -0.3 is 0 Å². The van der Waals surface area contributed by atoms with Crippen molar-refractivity contribution in [3.8, 4) is 0 Å². The lowest BCUT2D eigenvalue weighted by Crippen LogP contribution is -2.11. The Labute approximate surface area is 211 Å². The van der Waals surface area contributed by atoms with Gasteiger partial charge in [0, 0.05) is 0 Å². The standard InChI is InChI=1S/C33H45P/c1-31(2,3)28-16-10-25(11-17-28)22-34(23-26-12-18-29(19-13-26)32(4,5)6)24-27-14-20-30(21-15-27)33(7,8)9/h10-21H,22-24H2,1-9H3. The second-order valence-electron chi connectivity index (χ2n) is 13.0. The van der Waals surface area contributed by atoms with Crippen molar-refractivity contribution in [2.45, 2.75) is 97.0 Å². The fourth-order valence-electron chi connectivity index (χ4n) is 4.27. The van der Waals surface area contributed by atoms with Gasteiger partial charge in [-0.15, -0.1) is 0 Å². The van der Waals surface area contributed by atoms with Crippen molar-refractivity contribution < 1.29 is 0 Å². The van der Waals surface area contributed by atoms with Crippen LogP contribution in [0.15, 0.2) is 72.8 Å². The Morgan fingerprint density at radius 1 is 0.382 bits per heavy atom. The first kappa shape index (κ1) is 26.7. The molecule has 0 heterocycles. The molecule has 0 spiro atoms. The smallest absolute Gasteiger partial charge is 0.00671 e. The summed E-state index contributed by atoms with van der Waals surface area (Å²) in [4.78, 5) is 0. The van der Waals surface area contributed by atoms with Crippen LogP contribution in [0, 0.1) is 0 Å². The predicted octanol–water partition coefficient (Wildman–Crippen LogP) is 9.96. The van der Waals surface area contributed by atoms with Gasteiger partial charge in [-0.1, -0.05) is 143 Å². The average molecular weight is 473 g/mol. The Hall–Kier alpha value is -1.91. The monoisotopic (exact) mass is 472 g/mol. The molecule has 1 heteroatoms. The maximum absolute atomic E-state index is 2.36. The Morgan fingerprint density at radius 3 is 0.765 bits per heavy atom. The summed E-state index contributed by atoms with van der Waals surface area (Å²) >= 11 is 0. The van der Waals surface area contributed by atoms with E-state index >= 15 is 0 Å². The van der Waals surface area contributed by atoms with E-state index in [1.165, 1.54) is 51.9 Å². The molecule has 0 amide bonds. The molecule has 3 rings (SSSR count). The highest BCUT2D eigenvalue weighted by molar-refractivity contribution is 7.55. The van der Waals surface area contributed by atoms with Crippen LogP contribution < -0.4 is 0 Å². The first-order valence-electron chi connectivity index (χ1n) is 12.7. The zero-order valence-corrected chi connectivity index (χ0v) is 23.9. The van der Waals surface area contributed by atoms with E-state index < -0.39 is 0 Å². The van der Waals surface area contributed by atoms with Gasteiger partial charge in [-0.05, 0) is 68.1 Å². The maximum Gasteiger partial charge on any atom is -0.00671 e. The van der Waals surface area contributed by atoms with Crippen LogP contribution in [0.2, 0.25) is 0 Å². The first-order chi connectivity index (χ1) is 15.7. The van der Waals surface area contributed by atoms with Crippen LogP contribution in [0.25, 0.3) is 0 Å². The number of hydrogen-bond acceptors (Lipinski definition) is 0. The Balaban J connectivity index is 1.82. The summed E-state index contributed by atoms with van der Waals surface area (Å²) in [5.41, 5.74) is 9.25. The minimum Gasteiger partial charge on any atom is -0.0932 e. The van der Waals surface area contributed by atoms with Crippen LogP contribution in [-0.4, -0.2) is 0 Å². The van der Waals surface area contributed by atoms with Crippen LogP contribution >= 0.6 is 7.92 Å². The van der Waals surface area contributed by atoms with Crippen molar-refractivity contribution >= 4 is 7.92 Å². The van der Waals surface area contributed by atoms with E-state index in [2.05, 4.69) is 135 Å². The lowest BCUT2D eigenvalue weighted by Gasteiger charge is -2.23. The Morgan fingerprint density at radius 2 is 0.588 bits per heavy atom. The third kappa shape index (κ3) is 7.55. The summed E-state index contributed by atoms with van der Waals surface area (Å²) in [6.07, 6.45) is 3.51. The molecule has 0 aliphatic heterocycles. The largest absolute Gasteiger partial charge is 0.0932 e. The van der Waals surface area contributed by atoms with Gasteiger partial charge in [-0.25, -0.2) is 0 Å². The maximum atomic E-state index is 2.36. The van der Waals surface area contributed by atoms with Gasteiger partial charge in [0.15, 0.2) is 0 Å². The van der Waals surface area contributed by atoms with Crippen molar-refractivity contribution in [1.82, 2.24) is 0 Å². The van der Waals surface area contributed by atoms with Gasteiger partial charge in [0.1, 0.15) is 0 Å². The van der Waals surface area contributed by atoms with Gasteiger partial charge in [0.05, 0.1) is 0 Å². The molecule has 0 aromatic heterocycles. The highest BCUT2D eigenvalue weighted by Gasteiger charge is 2.18. The summed E-state index contributed by atoms with van der Waals surface area (Å²) in [6.45, 7) is 20.6. The van der Waals surface area contributed by atoms with Crippen LogP contribution in [0.3, 0.4) is 0 Å². The normalized spacial score (nSPS) is 12.9. The fourth-order valence-corrected chi connectivity index (χ4v) is 6.79. The van der Waals surface area contributed by atoms with Crippen molar-refractivity contribution in [1.29, 1.82) is 0 Å². The Bertz CT molecular complexity index is 893. The second-order valence-corrected chi connectivity index (χ2v) is 15.3. The van der Waals surface area contributed by atoms with E-state index in [4.69, 9.17) is 0 Å². The highest BCUT2D eigenvalue weighted by atomic mass is 31.1. The van der Waals surface area contributed by atoms with Crippen molar-refractivity contribution in [3.05, 3.63) is 106 Å². The van der Waals surface area contributed by atoms with E-state index in [0.29, 0.717) is 0 Å². The summed E-state index contributed by atoms with van der Waals surface area (Å²) < 4.78 is 0. The van der Waals surface area contributed by atoms with E-state index in [9.17, 15) is 0 Å². The summed E-state index contributed by atoms with van der Waals surface area (Å²) in [6, 6.07) is 28.2. The topological polar surface area (TPSA) is 0 Å². The summed E-state index contributed by atoms with van der Waals surface area (Å²) in [7, 11) is -0.203. The van der Waals surface area contributed by atoms with Crippen LogP contribution in [0.4, 0.5) is 0 Å². The molecule has 182 valence electrons. The molecule has 0 saturated heterocycles. The number of hydrogen-bond donors (Lipinski definition) is 0. The molecule has 0 aliphatic rings. The minimum atomic E-state index is -0.203. The summed E-state index contributed by atoms with van der Waals surface area (Å²) in [5.74, 6) is 0. The molecule has 0 atom stereocenters. The van der Waals surface area contributed by atoms with Gasteiger partial charge in [0.25, 0.3) is 0 Å². The summed E-state index contributed by atoms with van der Waals surface area (Å²) in [5, 5.41) is 0. The van der Waals surface area contributed by atoms with Gasteiger partial charge >= 0.3 is 0 Å². The molecule has 0 unspecified atom stereocenters. The second kappa shape index (κ2) is 10.4. The van der Waals surface area contributed by atoms with Crippen molar-refractivity contribution in [3.63, 3.8) is 0 Å². The molecule has 0 aliphatic carbocycles. The molecular formula is C33H45P. The molecule has 0 fully saturated rings. The van der Waals surface area contributed by atoms with Crippen molar-refractivity contribution in [2.75, 3.05) is 0 Å². The van der Waals surface area contributed by atoms with Gasteiger partial charge in [-0.2, -0.15) is 0 Å². The molecule has 3 aromatic rings. The fraction of sp³-hybridized carbons (Fsp3) is 0.455. The van der Waals surface area contributed by atoms with E-state index in [-0.39, 0.29) is 24.2 Å². The van der Waals surface area contributed by atoms with Gasteiger partial charge in [-0.3, -0.25) is 0 Å². The van der Waals surface area contributed by atoms with Crippen LogP contribution in [-0.2, 0) is 34.7 Å². The molecule has 0 nitrogen and oxygen atoms in total. The lowest BCUT2D eigenvalue weighted by molar-refractivity contribution is 0.590. The molecular weight excluding hydrogens is 427 g/mol. The van der Waals surface area contributed by atoms with Crippen molar-refractivity contribution in [2.24, 2.45) is 0 Å². The van der Waals surface area contributed by atoms with E-state index in [1.54, 1.807) is 0 Å². The Kier molecular flexibility index (Phi) is 8.14. The quantitative estimate of drug-likeness (QED) is 0.313.